The van der Waals surface area contributed by atoms with E-state index in [0.29, 0.717) is 11.4 Å². The Kier molecular flexibility index (Phi) is 4.37. The van der Waals surface area contributed by atoms with Crippen LogP contribution in [-0.2, 0) is 0 Å². The van der Waals surface area contributed by atoms with E-state index in [1.807, 2.05) is 24.3 Å². The molecule has 2 N–H and O–H groups in total. The van der Waals surface area contributed by atoms with Crippen molar-refractivity contribution in [1.29, 1.82) is 0 Å². The second-order valence-electron chi connectivity index (χ2n) is 4.72. The molecule has 0 aliphatic carbocycles. The van der Waals surface area contributed by atoms with Crippen molar-refractivity contribution in [2.24, 2.45) is 0 Å². The van der Waals surface area contributed by atoms with E-state index in [1.165, 1.54) is 12.3 Å². The predicted octanol–water partition coefficient (Wildman–Crippen LogP) is 4.21. The van der Waals surface area contributed by atoms with E-state index in [9.17, 15) is 13.6 Å². The van der Waals surface area contributed by atoms with Crippen molar-refractivity contribution in [2.75, 3.05) is 5.32 Å². The standard InChI is InChI=1S/C16H10F2IN3O/c17-11-2-1-3-12(18)14(11)16(23)21-13-8-20-22-15(13)9-4-6-10(19)7-5-9/h1-8H,(H,20,22)(H,21,23). The number of aromatic nitrogens is 2. The molecule has 0 bridgehead atoms. The lowest BCUT2D eigenvalue weighted by Crippen LogP contribution is -2.16. The quantitative estimate of drug-likeness (QED) is 0.618. The minimum absolute atomic E-state index is 0.346. The fourth-order valence-electron chi connectivity index (χ4n) is 2.12. The molecule has 23 heavy (non-hydrogen) atoms. The summed E-state index contributed by atoms with van der Waals surface area (Å²) in [5.74, 6) is -2.70. The number of H-pyrrole nitrogens is 1. The molecule has 0 spiro atoms. The Hall–Kier alpha value is -2.29. The zero-order chi connectivity index (χ0) is 16.4. The maximum Gasteiger partial charge on any atom is 0.261 e. The molecule has 4 nitrogen and oxygen atoms in total. The van der Waals surface area contributed by atoms with E-state index in [-0.39, 0.29) is 0 Å². The lowest BCUT2D eigenvalue weighted by atomic mass is 10.1. The van der Waals surface area contributed by atoms with E-state index in [2.05, 4.69) is 38.1 Å². The van der Waals surface area contributed by atoms with Crippen molar-refractivity contribution in [1.82, 2.24) is 10.2 Å². The van der Waals surface area contributed by atoms with Gasteiger partial charge in [-0.3, -0.25) is 9.89 Å². The first-order valence-corrected chi connectivity index (χ1v) is 7.69. The highest BCUT2D eigenvalue weighted by atomic mass is 127. The van der Waals surface area contributed by atoms with Crippen molar-refractivity contribution in [3.63, 3.8) is 0 Å². The molecule has 0 aliphatic heterocycles. The van der Waals surface area contributed by atoms with Crippen LogP contribution >= 0.6 is 22.6 Å². The van der Waals surface area contributed by atoms with E-state index < -0.39 is 23.1 Å². The van der Waals surface area contributed by atoms with Gasteiger partial charge in [0, 0.05) is 9.13 Å². The van der Waals surface area contributed by atoms with Gasteiger partial charge in [0.25, 0.3) is 5.91 Å². The molecule has 1 heterocycles. The van der Waals surface area contributed by atoms with Gasteiger partial charge in [0.15, 0.2) is 0 Å². The molecule has 0 saturated carbocycles. The third kappa shape index (κ3) is 3.24. The average Bonchev–Trinajstić information content (AvgIpc) is 2.96. The molecule has 116 valence electrons. The first-order valence-electron chi connectivity index (χ1n) is 6.61. The largest absolute Gasteiger partial charge is 0.319 e. The summed E-state index contributed by atoms with van der Waals surface area (Å²) >= 11 is 2.18. The van der Waals surface area contributed by atoms with Crippen molar-refractivity contribution in [3.05, 3.63) is 69.4 Å². The van der Waals surface area contributed by atoms with Crippen LogP contribution in [0.2, 0.25) is 0 Å². The van der Waals surface area contributed by atoms with Gasteiger partial charge in [0.1, 0.15) is 17.2 Å². The summed E-state index contributed by atoms with van der Waals surface area (Å²) in [4.78, 5) is 12.2. The first-order chi connectivity index (χ1) is 11.1. The molecular formula is C16H10F2IN3O. The Morgan fingerprint density at radius 3 is 2.39 bits per heavy atom. The molecule has 3 rings (SSSR count). The minimum Gasteiger partial charge on any atom is -0.319 e. The maximum atomic E-state index is 13.7. The van der Waals surface area contributed by atoms with E-state index >= 15 is 0 Å². The Balaban J connectivity index is 1.91. The number of hydrogen-bond donors (Lipinski definition) is 2. The van der Waals surface area contributed by atoms with Crippen molar-refractivity contribution in [3.8, 4) is 11.3 Å². The zero-order valence-corrected chi connectivity index (χ0v) is 13.8. The number of nitrogens with zero attached hydrogens (tertiary/aromatic N) is 1. The predicted molar refractivity (Wildman–Crippen MR) is 91.1 cm³/mol. The van der Waals surface area contributed by atoms with E-state index in [4.69, 9.17) is 0 Å². The van der Waals surface area contributed by atoms with Gasteiger partial charge in [0.2, 0.25) is 0 Å². The fourth-order valence-corrected chi connectivity index (χ4v) is 2.48. The lowest BCUT2D eigenvalue weighted by molar-refractivity contribution is 0.101. The van der Waals surface area contributed by atoms with Crippen LogP contribution in [0.15, 0.2) is 48.7 Å². The zero-order valence-electron chi connectivity index (χ0n) is 11.6. The lowest BCUT2D eigenvalue weighted by Gasteiger charge is -2.07. The molecular weight excluding hydrogens is 415 g/mol. The Labute approximate surface area is 144 Å². The molecule has 3 aromatic rings. The smallest absolute Gasteiger partial charge is 0.261 e. The van der Waals surface area contributed by atoms with E-state index in [1.54, 1.807) is 0 Å². The van der Waals surface area contributed by atoms with Gasteiger partial charge in [-0.15, -0.1) is 0 Å². The van der Waals surface area contributed by atoms with Crippen LogP contribution in [0.5, 0.6) is 0 Å². The summed E-state index contributed by atoms with van der Waals surface area (Å²) in [6.07, 6.45) is 1.39. The molecule has 1 amide bonds. The summed E-state index contributed by atoms with van der Waals surface area (Å²) < 4.78 is 28.4. The number of anilines is 1. The van der Waals surface area contributed by atoms with Crippen LogP contribution < -0.4 is 5.32 Å². The minimum atomic E-state index is -0.915. The van der Waals surface area contributed by atoms with Gasteiger partial charge >= 0.3 is 0 Å². The fraction of sp³-hybridized carbons (Fsp3) is 0. The van der Waals surface area contributed by atoms with Crippen molar-refractivity contribution >= 4 is 34.2 Å². The third-order valence-electron chi connectivity index (χ3n) is 3.21. The van der Waals surface area contributed by atoms with Gasteiger partial charge in [-0.05, 0) is 46.9 Å². The highest BCUT2D eigenvalue weighted by Gasteiger charge is 2.19. The molecule has 1 aromatic heterocycles. The molecule has 0 radical (unpaired) electrons. The number of carbonyl (C=O) groups excluding carboxylic acids is 1. The summed E-state index contributed by atoms with van der Waals surface area (Å²) in [5, 5.41) is 9.14. The molecule has 7 heteroatoms. The number of nitrogens with one attached hydrogen (secondary N) is 2. The molecule has 0 atom stereocenters. The number of hydrogen-bond acceptors (Lipinski definition) is 2. The first kappa shape index (κ1) is 15.6. The SMILES string of the molecule is O=C(Nc1cn[nH]c1-c1ccc(I)cc1)c1c(F)cccc1F. The summed E-state index contributed by atoms with van der Waals surface area (Å²) in [6, 6.07) is 10.8. The number of carbonyl (C=O) groups is 1. The van der Waals surface area contributed by atoms with Crippen LogP contribution in [0.25, 0.3) is 11.3 Å². The van der Waals surface area contributed by atoms with Crippen molar-refractivity contribution < 1.29 is 13.6 Å². The average molecular weight is 425 g/mol. The Morgan fingerprint density at radius 2 is 1.74 bits per heavy atom. The van der Waals surface area contributed by atoms with Crippen LogP contribution in [0, 0.1) is 15.2 Å². The second-order valence-corrected chi connectivity index (χ2v) is 5.96. The summed E-state index contributed by atoms with van der Waals surface area (Å²) in [7, 11) is 0. The van der Waals surface area contributed by atoms with Crippen LogP contribution in [0.3, 0.4) is 0 Å². The normalized spacial score (nSPS) is 10.6. The Bertz CT molecular complexity index is 842. The highest BCUT2D eigenvalue weighted by molar-refractivity contribution is 14.1. The molecule has 0 aliphatic rings. The second kappa shape index (κ2) is 6.45. The molecule has 2 aromatic carbocycles. The summed E-state index contributed by atoms with van der Waals surface area (Å²) in [5.41, 5.74) is 1.08. The molecule has 0 unspecified atom stereocenters. The number of aromatic amines is 1. The van der Waals surface area contributed by atoms with Crippen LogP contribution in [0.4, 0.5) is 14.5 Å². The number of rotatable bonds is 3. The highest BCUT2D eigenvalue weighted by Crippen LogP contribution is 2.26. The molecule has 0 saturated heterocycles. The van der Waals surface area contributed by atoms with Gasteiger partial charge in [-0.25, -0.2) is 8.78 Å². The Morgan fingerprint density at radius 1 is 1.09 bits per heavy atom. The monoisotopic (exact) mass is 425 g/mol. The number of halogens is 3. The van der Waals surface area contributed by atoms with Crippen LogP contribution in [0.1, 0.15) is 10.4 Å². The number of benzene rings is 2. The third-order valence-corrected chi connectivity index (χ3v) is 3.93. The van der Waals surface area contributed by atoms with E-state index in [0.717, 1.165) is 21.3 Å². The molecule has 0 fully saturated rings. The number of amides is 1. The van der Waals surface area contributed by atoms with Crippen LogP contribution in [-0.4, -0.2) is 16.1 Å². The van der Waals surface area contributed by atoms with Crippen molar-refractivity contribution in [2.45, 2.75) is 0 Å². The van der Waals surface area contributed by atoms with Gasteiger partial charge in [0.05, 0.1) is 17.6 Å². The van der Waals surface area contributed by atoms with Gasteiger partial charge < -0.3 is 5.32 Å². The van der Waals surface area contributed by atoms with Gasteiger partial charge in [-0.1, -0.05) is 18.2 Å². The topological polar surface area (TPSA) is 57.8 Å². The van der Waals surface area contributed by atoms with Gasteiger partial charge in [-0.2, -0.15) is 5.10 Å². The summed E-state index contributed by atoms with van der Waals surface area (Å²) in [6.45, 7) is 0. The maximum absolute atomic E-state index is 13.7.